The molecule has 0 spiro atoms. The van der Waals surface area contributed by atoms with Gasteiger partial charge in [-0.2, -0.15) is 0 Å². The van der Waals surface area contributed by atoms with Crippen molar-refractivity contribution in [1.29, 1.82) is 0 Å². The zero-order valence-electron chi connectivity index (χ0n) is 12.7. The summed E-state index contributed by atoms with van der Waals surface area (Å²) < 4.78 is 1.23. The first-order valence-electron chi connectivity index (χ1n) is 8.55. The van der Waals surface area contributed by atoms with E-state index in [1.165, 1.54) is 62.6 Å². The molecular weight excluding hydrogens is 324 g/mol. The molecule has 2 nitrogen and oxygen atoms in total. The molecule has 2 aliphatic carbocycles. The normalized spacial score (nSPS) is 27.0. The maximum atomic E-state index is 3.79. The molecular formula is C18H25BrN2. The Bertz CT molecular complexity index is 504. The standard InChI is InChI=1S/C18H25BrN2/c19-15-4-5-17-14(11-15)3-6-18(17)21-9-7-16(8-10-21)20-12-13-1-2-13/h4-5,11,13,16,18,20H,1-3,6-10,12H2. The van der Waals surface area contributed by atoms with Gasteiger partial charge in [-0.1, -0.05) is 22.0 Å². The predicted molar refractivity (Wildman–Crippen MR) is 90.5 cm³/mol. The molecule has 3 aliphatic rings. The number of nitrogens with one attached hydrogen (secondary N) is 1. The zero-order valence-corrected chi connectivity index (χ0v) is 14.2. The maximum Gasteiger partial charge on any atom is 0.0354 e. The van der Waals surface area contributed by atoms with Crippen LogP contribution in [0.4, 0.5) is 0 Å². The Morgan fingerprint density at radius 3 is 2.67 bits per heavy atom. The van der Waals surface area contributed by atoms with Gasteiger partial charge < -0.3 is 5.32 Å². The molecule has 114 valence electrons. The van der Waals surface area contributed by atoms with Crippen molar-refractivity contribution in [3.05, 3.63) is 33.8 Å². The number of hydrogen-bond donors (Lipinski definition) is 1. The summed E-state index contributed by atoms with van der Waals surface area (Å²) >= 11 is 3.60. The van der Waals surface area contributed by atoms with Gasteiger partial charge in [0.05, 0.1) is 0 Å². The predicted octanol–water partition coefficient (Wildman–Crippen LogP) is 3.90. The van der Waals surface area contributed by atoms with Crippen LogP contribution < -0.4 is 5.32 Å². The summed E-state index contributed by atoms with van der Waals surface area (Å²) in [5, 5.41) is 3.79. The minimum Gasteiger partial charge on any atom is -0.314 e. The van der Waals surface area contributed by atoms with E-state index < -0.39 is 0 Å². The van der Waals surface area contributed by atoms with E-state index in [1.54, 1.807) is 11.1 Å². The molecule has 1 aliphatic heterocycles. The maximum absolute atomic E-state index is 3.79. The molecule has 3 heteroatoms. The number of benzene rings is 1. The Morgan fingerprint density at radius 1 is 1.10 bits per heavy atom. The fraction of sp³-hybridized carbons (Fsp3) is 0.667. The van der Waals surface area contributed by atoms with Gasteiger partial charge in [0, 0.05) is 29.6 Å². The summed E-state index contributed by atoms with van der Waals surface area (Å²) in [6.45, 7) is 3.80. The van der Waals surface area contributed by atoms with Gasteiger partial charge in [-0.05, 0) is 74.2 Å². The molecule has 1 saturated carbocycles. The molecule has 0 amide bonds. The highest BCUT2D eigenvalue weighted by Crippen LogP contribution is 2.38. The van der Waals surface area contributed by atoms with Gasteiger partial charge in [0.2, 0.25) is 0 Å². The van der Waals surface area contributed by atoms with Crippen molar-refractivity contribution in [2.24, 2.45) is 5.92 Å². The van der Waals surface area contributed by atoms with E-state index in [9.17, 15) is 0 Å². The van der Waals surface area contributed by atoms with Gasteiger partial charge in [-0.3, -0.25) is 4.90 Å². The van der Waals surface area contributed by atoms with Crippen LogP contribution in [0.5, 0.6) is 0 Å². The number of fused-ring (bicyclic) bond motifs is 1. The third-order valence-corrected chi connectivity index (χ3v) is 6.01. The monoisotopic (exact) mass is 348 g/mol. The van der Waals surface area contributed by atoms with Crippen LogP contribution in [0.25, 0.3) is 0 Å². The Hall–Kier alpha value is -0.380. The third kappa shape index (κ3) is 3.20. The molecule has 4 rings (SSSR count). The largest absolute Gasteiger partial charge is 0.314 e. The molecule has 0 aromatic heterocycles. The molecule has 0 radical (unpaired) electrons. The first kappa shape index (κ1) is 14.2. The zero-order chi connectivity index (χ0) is 14.2. The smallest absolute Gasteiger partial charge is 0.0354 e. The molecule has 2 fully saturated rings. The van der Waals surface area contributed by atoms with E-state index >= 15 is 0 Å². The van der Waals surface area contributed by atoms with Crippen molar-refractivity contribution in [3.63, 3.8) is 0 Å². The first-order chi connectivity index (χ1) is 10.3. The Kier molecular flexibility index (Phi) is 4.08. The molecule has 1 atom stereocenters. The van der Waals surface area contributed by atoms with Crippen LogP contribution in [0.15, 0.2) is 22.7 Å². The Balaban J connectivity index is 1.34. The Labute approximate surface area is 136 Å². The lowest BCUT2D eigenvalue weighted by Gasteiger charge is -2.36. The molecule has 1 saturated heterocycles. The highest BCUT2D eigenvalue weighted by molar-refractivity contribution is 9.10. The minimum atomic E-state index is 0.678. The van der Waals surface area contributed by atoms with Crippen molar-refractivity contribution in [3.8, 4) is 0 Å². The summed E-state index contributed by atoms with van der Waals surface area (Å²) in [6.07, 6.45) is 8.13. The van der Waals surface area contributed by atoms with E-state index in [0.29, 0.717) is 6.04 Å². The summed E-state index contributed by atoms with van der Waals surface area (Å²) in [6, 6.07) is 8.32. The van der Waals surface area contributed by atoms with E-state index in [4.69, 9.17) is 0 Å². The van der Waals surface area contributed by atoms with E-state index in [1.807, 2.05) is 0 Å². The van der Waals surface area contributed by atoms with Crippen LogP contribution in [0, 0.1) is 5.92 Å². The van der Waals surface area contributed by atoms with Crippen LogP contribution >= 0.6 is 15.9 Å². The summed E-state index contributed by atoms with van der Waals surface area (Å²) in [5.41, 5.74) is 3.14. The fourth-order valence-corrected chi connectivity index (χ4v) is 4.42. The van der Waals surface area contributed by atoms with Gasteiger partial charge in [-0.15, -0.1) is 0 Å². The Morgan fingerprint density at radius 2 is 1.90 bits per heavy atom. The summed E-state index contributed by atoms with van der Waals surface area (Å²) in [4.78, 5) is 2.73. The molecule has 0 bridgehead atoms. The SMILES string of the molecule is Brc1ccc2c(c1)CCC2N1CCC(NCC2CC2)CC1. The van der Waals surface area contributed by atoms with Crippen LogP contribution in [-0.4, -0.2) is 30.6 Å². The van der Waals surface area contributed by atoms with Crippen molar-refractivity contribution in [2.75, 3.05) is 19.6 Å². The quantitative estimate of drug-likeness (QED) is 0.887. The van der Waals surface area contributed by atoms with Gasteiger partial charge in [0.15, 0.2) is 0 Å². The number of nitrogens with zero attached hydrogens (tertiary/aromatic N) is 1. The van der Waals surface area contributed by atoms with Gasteiger partial charge in [0.25, 0.3) is 0 Å². The molecule has 1 unspecified atom stereocenters. The highest BCUT2D eigenvalue weighted by Gasteiger charge is 2.31. The number of likely N-dealkylation sites (tertiary alicyclic amines) is 1. The van der Waals surface area contributed by atoms with E-state index in [2.05, 4.69) is 44.3 Å². The third-order valence-electron chi connectivity index (χ3n) is 5.51. The average molecular weight is 349 g/mol. The number of hydrogen-bond acceptors (Lipinski definition) is 2. The topological polar surface area (TPSA) is 15.3 Å². The minimum absolute atomic E-state index is 0.678. The molecule has 1 N–H and O–H groups in total. The van der Waals surface area contributed by atoms with Crippen molar-refractivity contribution in [1.82, 2.24) is 10.2 Å². The average Bonchev–Trinajstić information content (AvgIpc) is 3.24. The molecule has 1 aromatic carbocycles. The lowest BCUT2D eigenvalue weighted by atomic mass is 10.00. The number of rotatable bonds is 4. The van der Waals surface area contributed by atoms with Crippen molar-refractivity contribution in [2.45, 2.75) is 50.6 Å². The molecule has 1 heterocycles. The number of piperidine rings is 1. The lowest BCUT2D eigenvalue weighted by molar-refractivity contribution is 0.142. The van der Waals surface area contributed by atoms with E-state index in [-0.39, 0.29) is 0 Å². The van der Waals surface area contributed by atoms with Crippen LogP contribution in [0.2, 0.25) is 0 Å². The van der Waals surface area contributed by atoms with Crippen LogP contribution in [0.3, 0.4) is 0 Å². The number of aryl methyl sites for hydroxylation is 1. The van der Waals surface area contributed by atoms with Gasteiger partial charge in [0.1, 0.15) is 0 Å². The van der Waals surface area contributed by atoms with Gasteiger partial charge >= 0.3 is 0 Å². The van der Waals surface area contributed by atoms with E-state index in [0.717, 1.165) is 12.0 Å². The second-order valence-corrected chi connectivity index (χ2v) is 7.98. The van der Waals surface area contributed by atoms with Crippen molar-refractivity contribution >= 4 is 15.9 Å². The second kappa shape index (κ2) is 6.02. The summed E-state index contributed by atoms with van der Waals surface area (Å²) in [7, 11) is 0. The first-order valence-corrected chi connectivity index (χ1v) is 9.34. The summed E-state index contributed by atoms with van der Waals surface area (Å²) in [5.74, 6) is 1.00. The second-order valence-electron chi connectivity index (χ2n) is 7.06. The van der Waals surface area contributed by atoms with Crippen LogP contribution in [-0.2, 0) is 6.42 Å². The highest BCUT2D eigenvalue weighted by atomic mass is 79.9. The van der Waals surface area contributed by atoms with Crippen molar-refractivity contribution < 1.29 is 0 Å². The van der Waals surface area contributed by atoms with Gasteiger partial charge in [-0.25, -0.2) is 0 Å². The molecule has 21 heavy (non-hydrogen) atoms. The molecule has 1 aromatic rings. The van der Waals surface area contributed by atoms with Crippen LogP contribution in [0.1, 0.15) is 49.3 Å². The lowest BCUT2D eigenvalue weighted by Crippen LogP contribution is -2.44. The number of halogens is 1. The fourth-order valence-electron chi connectivity index (χ4n) is 4.01.